The summed E-state index contributed by atoms with van der Waals surface area (Å²) in [4.78, 5) is 14.1. The van der Waals surface area contributed by atoms with Crippen molar-refractivity contribution >= 4 is 6.09 Å². The normalized spacial score (nSPS) is 33.0. The quantitative estimate of drug-likeness (QED) is 0.650. The third kappa shape index (κ3) is 1.91. The Hall–Kier alpha value is -1.13. The van der Waals surface area contributed by atoms with Crippen molar-refractivity contribution in [3.05, 3.63) is 0 Å². The highest BCUT2D eigenvalue weighted by molar-refractivity contribution is 5.69. The van der Waals surface area contributed by atoms with Gasteiger partial charge in [0.15, 0.2) is 5.66 Å². The van der Waals surface area contributed by atoms with Gasteiger partial charge in [-0.2, -0.15) is 10.2 Å². The van der Waals surface area contributed by atoms with Gasteiger partial charge in [0.05, 0.1) is 0 Å². The summed E-state index contributed by atoms with van der Waals surface area (Å²) in [6.07, 6.45) is 3.75. The van der Waals surface area contributed by atoms with Crippen molar-refractivity contribution in [2.45, 2.75) is 69.8 Å². The first-order chi connectivity index (χ1) is 7.89. The van der Waals surface area contributed by atoms with Gasteiger partial charge in [-0.15, -0.1) is 0 Å². The topological polar surface area (TPSA) is 54.3 Å². The molecule has 3 rings (SSSR count). The number of carbonyl (C=O) groups excluding carboxylic acids is 1. The molecule has 3 aliphatic rings. The second-order valence-corrected chi connectivity index (χ2v) is 6.36. The molecular formula is C12H19N3O2. The number of hydrogen-bond acceptors (Lipinski definition) is 4. The number of piperidine rings is 1. The van der Waals surface area contributed by atoms with Crippen LogP contribution in [-0.2, 0) is 4.74 Å². The molecule has 1 spiro atoms. The fourth-order valence-corrected chi connectivity index (χ4v) is 3.05. The van der Waals surface area contributed by atoms with Crippen molar-refractivity contribution in [3.8, 4) is 0 Å². The summed E-state index contributed by atoms with van der Waals surface area (Å²) in [6.45, 7) is 5.72. The Bertz CT molecular complexity index is 364. The summed E-state index contributed by atoms with van der Waals surface area (Å²) in [7, 11) is 0. The molecule has 0 aliphatic carbocycles. The average Bonchev–Trinajstić information content (AvgIpc) is 2.84. The number of fused-ring (bicyclic) bond motifs is 2. The molecule has 0 aromatic heterocycles. The van der Waals surface area contributed by atoms with E-state index in [1.165, 1.54) is 0 Å². The lowest BCUT2D eigenvalue weighted by atomic mass is 9.94. The van der Waals surface area contributed by atoms with Crippen molar-refractivity contribution in [2.75, 3.05) is 0 Å². The van der Waals surface area contributed by atoms with Gasteiger partial charge in [0.1, 0.15) is 5.60 Å². The standard InChI is InChI=1S/C12H19N3O2/c1-11(2,3)17-10(16)15-8-4-5-9(15)7-12(6-8)13-14-12/h8-9H,4-7H2,1-3H3. The van der Waals surface area contributed by atoms with Crippen LogP contribution in [0.3, 0.4) is 0 Å². The van der Waals surface area contributed by atoms with E-state index in [0.29, 0.717) is 0 Å². The molecule has 17 heavy (non-hydrogen) atoms. The first kappa shape index (κ1) is 11.0. The maximum Gasteiger partial charge on any atom is 0.410 e. The van der Waals surface area contributed by atoms with Crippen LogP contribution in [-0.4, -0.2) is 34.3 Å². The Morgan fingerprint density at radius 1 is 1.24 bits per heavy atom. The average molecular weight is 237 g/mol. The van der Waals surface area contributed by atoms with E-state index in [2.05, 4.69) is 10.2 Å². The fourth-order valence-electron chi connectivity index (χ4n) is 3.05. The number of carbonyl (C=O) groups is 1. The molecule has 0 aromatic carbocycles. The maximum absolute atomic E-state index is 12.1. The van der Waals surface area contributed by atoms with E-state index in [4.69, 9.17) is 4.74 Å². The molecule has 0 radical (unpaired) electrons. The monoisotopic (exact) mass is 237 g/mol. The number of ether oxygens (including phenoxy) is 1. The molecule has 2 unspecified atom stereocenters. The van der Waals surface area contributed by atoms with E-state index in [1.54, 1.807) is 0 Å². The lowest BCUT2D eigenvalue weighted by Gasteiger charge is -2.37. The maximum atomic E-state index is 12.1. The minimum atomic E-state index is -0.417. The van der Waals surface area contributed by atoms with Gasteiger partial charge in [-0.05, 0) is 33.6 Å². The van der Waals surface area contributed by atoms with Crippen LogP contribution in [0.2, 0.25) is 0 Å². The second kappa shape index (κ2) is 3.21. The van der Waals surface area contributed by atoms with Crippen molar-refractivity contribution in [1.82, 2.24) is 4.90 Å². The minimum Gasteiger partial charge on any atom is -0.444 e. The first-order valence-electron chi connectivity index (χ1n) is 6.34. The summed E-state index contributed by atoms with van der Waals surface area (Å²) >= 11 is 0. The van der Waals surface area contributed by atoms with E-state index in [9.17, 15) is 4.79 Å². The third-order valence-corrected chi connectivity index (χ3v) is 3.73. The van der Waals surface area contributed by atoms with E-state index >= 15 is 0 Å². The molecule has 2 saturated heterocycles. The van der Waals surface area contributed by atoms with Crippen molar-refractivity contribution in [1.29, 1.82) is 0 Å². The molecule has 2 fully saturated rings. The van der Waals surface area contributed by atoms with Gasteiger partial charge < -0.3 is 9.64 Å². The number of amides is 1. The van der Waals surface area contributed by atoms with Gasteiger partial charge in [0.25, 0.3) is 0 Å². The van der Waals surface area contributed by atoms with Gasteiger partial charge in [-0.25, -0.2) is 4.79 Å². The van der Waals surface area contributed by atoms with Crippen LogP contribution in [0.15, 0.2) is 10.2 Å². The van der Waals surface area contributed by atoms with Crippen molar-refractivity contribution in [3.63, 3.8) is 0 Å². The van der Waals surface area contributed by atoms with Crippen LogP contribution in [0.5, 0.6) is 0 Å². The first-order valence-corrected chi connectivity index (χ1v) is 6.34. The zero-order valence-electron chi connectivity index (χ0n) is 10.6. The van der Waals surface area contributed by atoms with Crippen LogP contribution >= 0.6 is 0 Å². The Labute approximate surface area is 101 Å². The van der Waals surface area contributed by atoms with Crippen LogP contribution in [0.4, 0.5) is 4.79 Å². The summed E-state index contributed by atoms with van der Waals surface area (Å²) in [5, 5.41) is 8.30. The SMILES string of the molecule is CC(C)(C)OC(=O)N1C2CCC1CC1(C2)N=N1. The van der Waals surface area contributed by atoms with Gasteiger partial charge in [0, 0.05) is 24.9 Å². The molecule has 94 valence electrons. The fraction of sp³-hybridized carbons (Fsp3) is 0.917. The lowest BCUT2D eigenvalue weighted by Crippen LogP contribution is -2.50. The number of hydrogen-bond donors (Lipinski definition) is 0. The molecule has 0 saturated carbocycles. The Balaban J connectivity index is 1.71. The highest BCUT2D eigenvalue weighted by Crippen LogP contribution is 2.49. The van der Waals surface area contributed by atoms with Crippen LogP contribution < -0.4 is 0 Å². The molecule has 1 amide bonds. The summed E-state index contributed by atoms with van der Waals surface area (Å²) in [5.41, 5.74) is -0.537. The summed E-state index contributed by atoms with van der Waals surface area (Å²) in [5.74, 6) is 0. The molecular weight excluding hydrogens is 218 g/mol. The second-order valence-electron chi connectivity index (χ2n) is 6.36. The van der Waals surface area contributed by atoms with Crippen molar-refractivity contribution in [2.24, 2.45) is 10.2 Å². The van der Waals surface area contributed by atoms with E-state index in [-0.39, 0.29) is 23.8 Å². The highest BCUT2D eigenvalue weighted by atomic mass is 16.6. The molecule has 3 aliphatic heterocycles. The number of nitrogens with zero attached hydrogens (tertiary/aromatic N) is 3. The Morgan fingerprint density at radius 2 is 1.76 bits per heavy atom. The molecule has 2 atom stereocenters. The van der Waals surface area contributed by atoms with E-state index in [0.717, 1.165) is 25.7 Å². The zero-order valence-corrected chi connectivity index (χ0v) is 10.6. The van der Waals surface area contributed by atoms with Crippen LogP contribution in [0, 0.1) is 0 Å². The van der Waals surface area contributed by atoms with Gasteiger partial charge in [-0.1, -0.05) is 0 Å². The van der Waals surface area contributed by atoms with E-state index in [1.807, 2.05) is 25.7 Å². The zero-order chi connectivity index (χ0) is 12.3. The van der Waals surface area contributed by atoms with Crippen molar-refractivity contribution < 1.29 is 9.53 Å². The minimum absolute atomic E-state index is 0.121. The smallest absolute Gasteiger partial charge is 0.410 e. The van der Waals surface area contributed by atoms with Crippen LogP contribution in [0.25, 0.3) is 0 Å². The lowest BCUT2D eigenvalue weighted by molar-refractivity contribution is 0.00406. The van der Waals surface area contributed by atoms with Gasteiger partial charge in [-0.3, -0.25) is 0 Å². The third-order valence-electron chi connectivity index (χ3n) is 3.73. The predicted molar refractivity (Wildman–Crippen MR) is 61.7 cm³/mol. The van der Waals surface area contributed by atoms with Gasteiger partial charge >= 0.3 is 6.09 Å². The number of rotatable bonds is 0. The Kier molecular flexibility index (Phi) is 2.07. The Morgan fingerprint density at radius 3 is 2.18 bits per heavy atom. The van der Waals surface area contributed by atoms with E-state index < -0.39 is 5.60 Å². The predicted octanol–water partition coefficient (Wildman–Crippen LogP) is 2.71. The molecule has 3 heterocycles. The largest absolute Gasteiger partial charge is 0.444 e. The van der Waals surface area contributed by atoms with Gasteiger partial charge in [0.2, 0.25) is 0 Å². The molecule has 2 bridgehead atoms. The summed E-state index contributed by atoms with van der Waals surface area (Å²) < 4.78 is 5.47. The summed E-state index contributed by atoms with van der Waals surface area (Å²) in [6, 6.07) is 0.553. The highest BCUT2D eigenvalue weighted by Gasteiger charge is 2.55. The molecule has 5 heteroatoms. The molecule has 0 N–H and O–H groups in total. The molecule has 0 aromatic rings. The van der Waals surface area contributed by atoms with Crippen LogP contribution in [0.1, 0.15) is 46.5 Å². The molecule has 5 nitrogen and oxygen atoms in total.